The van der Waals surface area contributed by atoms with Gasteiger partial charge in [-0.15, -0.1) is 0 Å². The summed E-state index contributed by atoms with van der Waals surface area (Å²) in [5, 5.41) is 8.85. The van der Waals surface area contributed by atoms with Crippen LogP contribution in [-0.4, -0.2) is 42.3 Å². The van der Waals surface area contributed by atoms with Crippen LogP contribution in [0.15, 0.2) is 22.7 Å². The second kappa shape index (κ2) is 3.88. The molecule has 0 aromatic heterocycles. The third-order valence-corrected chi connectivity index (χ3v) is 4.81. The lowest BCUT2D eigenvalue weighted by molar-refractivity contribution is -0.00946. The molecule has 2 aliphatic heterocycles. The average molecular weight is 311 g/mol. The van der Waals surface area contributed by atoms with Gasteiger partial charge in [-0.1, -0.05) is 22.0 Å². The molecule has 2 saturated heterocycles. The number of hydrogen-bond acceptors (Lipinski definition) is 2. The van der Waals surface area contributed by atoms with Crippen LogP contribution in [0.3, 0.4) is 0 Å². The predicted molar refractivity (Wildman–Crippen MR) is 73.1 cm³/mol. The molecule has 2 heterocycles. The Bertz CT molecular complexity index is 504. The fourth-order valence-electron chi connectivity index (χ4n) is 2.97. The molecule has 0 atom stereocenters. The van der Waals surface area contributed by atoms with Gasteiger partial charge in [0.25, 0.3) is 0 Å². The van der Waals surface area contributed by atoms with E-state index in [4.69, 9.17) is 5.11 Å². The van der Waals surface area contributed by atoms with E-state index in [0.717, 1.165) is 17.6 Å². The lowest BCUT2D eigenvalue weighted by Crippen LogP contribution is -2.73. The summed E-state index contributed by atoms with van der Waals surface area (Å²) in [6, 6.07) is 6.21. The third-order valence-electron chi connectivity index (χ3n) is 3.96. The molecular weight excluding hydrogens is 296 g/mol. The standard InChI is InChI=1S/C13H15BrN2O2/c1-9-10(14)3-2-4-11(9)15-5-13(6-15)7-16(8-13)12(17)18/h2-4H,5-8H2,1H3,(H,17,18). The number of halogens is 1. The van der Waals surface area contributed by atoms with E-state index in [1.807, 2.05) is 12.1 Å². The van der Waals surface area contributed by atoms with Gasteiger partial charge in [0, 0.05) is 41.8 Å². The van der Waals surface area contributed by atoms with Crippen molar-refractivity contribution in [2.75, 3.05) is 31.1 Å². The Labute approximate surface area is 114 Å². The van der Waals surface area contributed by atoms with Gasteiger partial charge in [-0.05, 0) is 24.6 Å². The minimum absolute atomic E-state index is 0.215. The van der Waals surface area contributed by atoms with Crippen molar-refractivity contribution in [1.29, 1.82) is 0 Å². The van der Waals surface area contributed by atoms with Crippen molar-refractivity contribution in [2.24, 2.45) is 5.41 Å². The maximum atomic E-state index is 10.8. The molecule has 0 saturated carbocycles. The fraction of sp³-hybridized carbons (Fsp3) is 0.462. The van der Waals surface area contributed by atoms with E-state index in [1.54, 1.807) is 0 Å². The van der Waals surface area contributed by atoms with Gasteiger partial charge in [0.15, 0.2) is 0 Å². The Morgan fingerprint density at radius 2 is 2.00 bits per heavy atom. The molecule has 1 spiro atoms. The fourth-order valence-corrected chi connectivity index (χ4v) is 3.33. The molecule has 3 rings (SSSR count). The van der Waals surface area contributed by atoms with Crippen LogP contribution in [0.4, 0.5) is 10.5 Å². The molecule has 2 aliphatic rings. The van der Waals surface area contributed by atoms with Gasteiger partial charge in [0.1, 0.15) is 0 Å². The van der Waals surface area contributed by atoms with E-state index < -0.39 is 6.09 Å². The van der Waals surface area contributed by atoms with E-state index in [2.05, 4.69) is 33.8 Å². The maximum Gasteiger partial charge on any atom is 0.407 e. The molecule has 0 radical (unpaired) electrons. The molecule has 5 heteroatoms. The van der Waals surface area contributed by atoms with Crippen LogP contribution < -0.4 is 4.90 Å². The average Bonchev–Trinajstić information content (AvgIpc) is 2.19. The Morgan fingerprint density at radius 1 is 1.33 bits per heavy atom. The number of carboxylic acid groups (broad SMARTS) is 1. The zero-order valence-corrected chi connectivity index (χ0v) is 11.8. The van der Waals surface area contributed by atoms with Gasteiger partial charge >= 0.3 is 6.09 Å². The van der Waals surface area contributed by atoms with Crippen molar-refractivity contribution in [1.82, 2.24) is 4.90 Å². The van der Waals surface area contributed by atoms with Crippen LogP contribution >= 0.6 is 15.9 Å². The third kappa shape index (κ3) is 1.68. The van der Waals surface area contributed by atoms with E-state index >= 15 is 0 Å². The smallest absolute Gasteiger partial charge is 0.407 e. The highest BCUT2D eigenvalue weighted by molar-refractivity contribution is 9.10. The topological polar surface area (TPSA) is 43.8 Å². The van der Waals surface area contributed by atoms with E-state index in [0.29, 0.717) is 13.1 Å². The van der Waals surface area contributed by atoms with Crippen molar-refractivity contribution in [3.05, 3.63) is 28.2 Å². The van der Waals surface area contributed by atoms with Gasteiger partial charge in [-0.3, -0.25) is 0 Å². The van der Waals surface area contributed by atoms with E-state index in [-0.39, 0.29) is 5.41 Å². The highest BCUT2D eigenvalue weighted by Gasteiger charge is 2.53. The Morgan fingerprint density at radius 3 is 2.61 bits per heavy atom. The number of anilines is 1. The zero-order valence-electron chi connectivity index (χ0n) is 10.2. The van der Waals surface area contributed by atoms with Crippen molar-refractivity contribution < 1.29 is 9.90 Å². The van der Waals surface area contributed by atoms with Crippen LogP contribution in [0.5, 0.6) is 0 Å². The number of likely N-dealkylation sites (tertiary alicyclic amines) is 1. The first-order valence-corrected chi connectivity index (χ1v) is 6.78. The maximum absolute atomic E-state index is 10.8. The quantitative estimate of drug-likeness (QED) is 0.867. The minimum Gasteiger partial charge on any atom is -0.465 e. The van der Waals surface area contributed by atoms with Crippen LogP contribution in [0, 0.1) is 12.3 Å². The number of benzene rings is 1. The largest absolute Gasteiger partial charge is 0.465 e. The number of nitrogens with zero attached hydrogens (tertiary/aromatic N) is 2. The molecule has 2 fully saturated rings. The number of amides is 1. The Kier molecular flexibility index (Phi) is 2.55. The highest BCUT2D eigenvalue weighted by Crippen LogP contribution is 2.43. The van der Waals surface area contributed by atoms with Crippen molar-refractivity contribution in [3.63, 3.8) is 0 Å². The van der Waals surface area contributed by atoms with Gasteiger partial charge < -0.3 is 14.9 Å². The number of rotatable bonds is 1. The minimum atomic E-state index is -0.794. The molecular formula is C13H15BrN2O2. The second-order valence-electron chi connectivity index (χ2n) is 5.38. The van der Waals surface area contributed by atoms with Crippen LogP contribution in [0.1, 0.15) is 5.56 Å². The summed E-state index contributed by atoms with van der Waals surface area (Å²) in [5.41, 5.74) is 2.72. The molecule has 0 aliphatic carbocycles. The van der Waals surface area contributed by atoms with Crippen molar-refractivity contribution >= 4 is 27.7 Å². The molecule has 0 bridgehead atoms. The summed E-state index contributed by atoms with van der Waals surface area (Å²) >= 11 is 3.54. The van der Waals surface area contributed by atoms with E-state index in [9.17, 15) is 4.79 Å². The summed E-state index contributed by atoms with van der Waals surface area (Å²) < 4.78 is 1.13. The van der Waals surface area contributed by atoms with Crippen molar-refractivity contribution in [3.8, 4) is 0 Å². The molecule has 1 aromatic carbocycles. The molecule has 18 heavy (non-hydrogen) atoms. The first-order chi connectivity index (χ1) is 8.51. The van der Waals surface area contributed by atoms with E-state index in [1.165, 1.54) is 16.2 Å². The molecule has 1 N–H and O–H groups in total. The molecule has 4 nitrogen and oxygen atoms in total. The van der Waals surface area contributed by atoms with Crippen LogP contribution in [0.25, 0.3) is 0 Å². The summed E-state index contributed by atoms with van der Waals surface area (Å²) in [7, 11) is 0. The predicted octanol–water partition coefficient (Wildman–Crippen LogP) is 2.56. The normalized spacial score (nSPS) is 20.6. The molecule has 1 amide bonds. The van der Waals surface area contributed by atoms with Gasteiger partial charge in [0.2, 0.25) is 0 Å². The summed E-state index contributed by atoms with van der Waals surface area (Å²) in [5.74, 6) is 0. The Balaban J connectivity index is 1.66. The lowest BCUT2D eigenvalue weighted by atomic mass is 9.72. The van der Waals surface area contributed by atoms with Gasteiger partial charge in [-0.2, -0.15) is 0 Å². The Hall–Kier alpha value is -1.23. The van der Waals surface area contributed by atoms with Crippen LogP contribution in [0.2, 0.25) is 0 Å². The number of hydrogen-bond donors (Lipinski definition) is 1. The summed E-state index contributed by atoms with van der Waals surface area (Å²) in [4.78, 5) is 14.6. The molecule has 0 unspecified atom stereocenters. The first-order valence-electron chi connectivity index (χ1n) is 5.99. The lowest BCUT2D eigenvalue weighted by Gasteiger charge is -2.60. The van der Waals surface area contributed by atoms with Crippen LogP contribution in [-0.2, 0) is 0 Å². The molecule has 96 valence electrons. The summed E-state index contributed by atoms with van der Waals surface area (Å²) in [6.07, 6.45) is -0.794. The van der Waals surface area contributed by atoms with Gasteiger partial charge in [0.05, 0.1) is 0 Å². The van der Waals surface area contributed by atoms with Gasteiger partial charge in [-0.25, -0.2) is 4.79 Å². The monoisotopic (exact) mass is 310 g/mol. The SMILES string of the molecule is Cc1c(Br)cccc1N1CC2(CN(C(=O)O)C2)C1. The number of carbonyl (C=O) groups is 1. The molecule has 1 aromatic rings. The first kappa shape index (κ1) is 11.8. The zero-order chi connectivity index (χ0) is 12.9. The summed E-state index contributed by atoms with van der Waals surface area (Å²) in [6.45, 7) is 5.41. The second-order valence-corrected chi connectivity index (χ2v) is 6.23. The highest BCUT2D eigenvalue weighted by atomic mass is 79.9. The van der Waals surface area contributed by atoms with Crippen molar-refractivity contribution in [2.45, 2.75) is 6.92 Å².